The number of carbonyl (C=O) groups excluding carboxylic acids is 2. The Kier molecular flexibility index (Phi) is 4.66. The van der Waals surface area contributed by atoms with Gasteiger partial charge in [-0.15, -0.1) is 0 Å². The quantitative estimate of drug-likeness (QED) is 0.521. The Morgan fingerprint density at radius 2 is 1.89 bits per heavy atom. The molecule has 3 N–H and O–H groups in total. The molecule has 1 rings (SSSR count). The summed E-state index contributed by atoms with van der Waals surface area (Å²) in [5, 5.41) is 22.3. The maximum absolute atomic E-state index is 11.4. The van der Waals surface area contributed by atoms with E-state index < -0.39 is 35.7 Å². The van der Waals surface area contributed by atoms with Gasteiger partial charge in [-0.05, 0) is 20.8 Å². The fourth-order valence-electron chi connectivity index (χ4n) is 1.88. The zero-order valence-corrected chi connectivity index (χ0v) is 10.7. The van der Waals surface area contributed by atoms with E-state index in [2.05, 4.69) is 10.1 Å². The average Bonchev–Trinajstić information content (AvgIpc) is 2.34. The number of nitrogens with one attached hydrogen (secondary N) is 1. The van der Waals surface area contributed by atoms with Gasteiger partial charge in [0.05, 0.1) is 18.8 Å². The van der Waals surface area contributed by atoms with Crippen LogP contribution in [-0.2, 0) is 19.1 Å². The maximum atomic E-state index is 11.4. The van der Waals surface area contributed by atoms with E-state index in [4.69, 9.17) is 4.74 Å². The first-order valence-corrected chi connectivity index (χ1v) is 5.85. The van der Waals surface area contributed by atoms with Gasteiger partial charge in [0.1, 0.15) is 12.1 Å². The summed E-state index contributed by atoms with van der Waals surface area (Å²) in [5.74, 6) is -1.45. The molecule has 0 aliphatic carbocycles. The SMILES string of the molecule is CCOC(=O)C1NC(C)(C(O)C(=O)OCC)C1O. The number of hydrogen-bond acceptors (Lipinski definition) is 7. The minimum absolute atomic E-state index is 0.128. The van der Waals surface area contributed by atoms with Crippen LogP contribution in [0.5, 0.6) is 0 Å². The van der Waals surface area contributed by atoms with Gasteiger partial charge in [0.15, 0.2) is 6.10 Å². The van der Waals surface area contributed by atoms with Crippen LogP contribution in [0.15, 0.2) is 0 Å². The Hall–Kier alpha value is -1.18. The number of aliphatic hydroxyl groups is 2. The Bertz CT molecular complexity index is 333. The lowest BCUT2D eigenvalue weighted by atomic mass is 9.75. The Labute approximate surface area is 105 Å². The molecule has 0 aromatic carbocycles. The fraction of sp³-hybridized carbons (Fsp3) is 0.818. The van der Waals surface area contributed by atoms with E-state index in [1.807, 2.05) is 0 Å². The van der Waals surface area contributed by atoms with Crippen LogP contribution < -0.4 is 5.32 Å². The van der Waals surface area contributed by atoms with E-state index in [1.54, 1.807) is 13.8 Å². The molecule has 0 aromatic rings. The van der Waals surface area contributed by atoms with Crippen LogP contribution in [-0.4, -0.2) is 59.2 Å². The molecule has 0 amide bonds. The van der Waals surface area contributed by atoms with Crippen LogP contribution in [0.2, 0.25) is 0 Å². The largest absolute Gasteiger partial charge is 0.465 e. The van der Waals surface area contributed by atoms with Gasteiger partial charge in [-0.3, -0.25) is 10.1 Å². The van der Waals surface area contributed by atoms with Gasteiger partial charge < -0.3 is 19.7 Å². The van der Waals surface area contributed by atoms with Gasteiger partial charge in [0, 0.05) is 0 Å². The Morgan fingerprint density at radius 3 is 2.33 bits per heavy atom. The summed E-state index contributed by atoms with van der Waals surface area (Å²) >= 11 is 0. The third kappa shape index (κ3) is 2.47. The minimum Gasteiger partial charge on any atom is -0.465 e. The highest BCUT2D eigenvalue weighted by molar-refractivity contribution is 5.82. The van der Waals surface area contributed by atoms with E-state index >= 15 is 0 Å². The predicted molar refractivity (Wildman–Crippen MR) is 60.6 cm³/mol. The number of ether oxygens (including phenoxy) is 2. The van der Waals surface area contributed by atoms with E-state index in [1.165, 1.54) is 6.92 Å². The molecule has 7 nitrogen and oxygen atoms in total. The van der Waals surface area contributed by atoms with Crippen molar-refractivity contribution >= 4 is 11.9 Å². The number of hydrogen-bond donors (Lipinski definition) is 3. The van der Waals surface area contributed by atoms with Crippen LogP contribution in [0.25, 0.3) is 0 Å². The normalized spacial score (nSPS) is 32.3. The first kappa shape index (κ1) is 14.9. The van der Waals surface area contributed by atoms with Gasteiger partial charge in [-0.25, -0.2) is 4.79 Å². The van der Waals surface area contributed by atoms with E-state index in [0.29, 0.717) is 0 Å². The highest BCUT2D eigenvalue weighted by atomic mass is 16.5. The molecule has 0 aromatic heterocycles. The molecule has 1 saturated heterocycles. The van der Waals surface area contributed by atoms with Gasteiger partial charge in [-0.2, -0.15) is 0 Å². The molecule has 0 saturated carbocycles. The monoisotopic (exact) mass is 261 g/mol. The lowest BCUT2D eigenvalue weighted by Crippen LogP contribution is -2.81. The fourth-order valence-corrected chi connectivity index (χ4v) is 1.88. The van der Waals surface area contributed by atoms with Crippen LogP contribution in [0.1, 0.15) is 20.8 Å². The summed E-state index contributed by atoms with van der Waals surface area (Å²) in [7, 11) is 0. The molecule has 1 aliphatic rings. The van der Waals surface area contributed by atoms with Crippen molar-refractivity contribution in [3.05, 3.63) is 0 Å². The number of rotatable bonds is 5. The second kappa shape index (κ2) is 5.64. The molecule has 0 spiro atoms. The van der Waals surface area contributed by atoms with Crippen LogP contribution in [0.3, 0.4) is 0 Å². The summed E-state index contributed by atoms with van der Waals surface area (Å²) in [6.07, 6.45) is -2.76. The second-order valence-corrected chi connectivity index (χ2v) is 4.26. The molecule has 104 valence electrons. The van der Waals surface area contributed by atoms with Crippen molar-refractivity contribution in [2.45, 2.75) is 44.6 Å². The third-order valence-corrected chi connectivity index (χ3v) is 3.02. The van der Waals surface area contributed by atoms with Crippen molar-refractivity contribution < 1.29 is 29.3 Å². The first-order chi connectivity index (χ1) is 8.38. The highest BCUT2D eigenvalue weighted by Gasteiger charge is 2.59. The smallest absolute Gasteiger partial charge is 0.336 e. The number of carbonyl (C=O) groups is 2. The molecule has 4 atom stereocenters. The zero-order chi connectivity index (χ0) is 13.9. The molecular weight excluding hydrogens is 242 g/mol. The van der Waals surface area contributed by atoms with Crippen LogP contribution in [0, 0.1) is 0 Å². The molecule has 1 fully saturated rings. The molecular formula is C11H19NO6. The van der Waals surface area contributed by atoms with Gasteiger partial charge in [-0.1, -0.05) is 0 Å². The van der Waals surface area contributed by atoms with Crippen LogP contribution in [0.4, 0.5) is 0 Å². The molecule has 4 unspecified atom stereocenters. The van der Waals surface area contributed by atoms with Crippen molar-refractivity contribution in [1.29, 1.82) is 0 Å². The summed E-state index contributed by atoms with van der Waals surface area (Å²) in [6, 6.07) is -0.931. The van der Waals surface area contributed by atoms with Crippen molar-refractivity contribution in [3.8, 4) is 0 Å². The van der Waals surface area contributed by atoms with Crippen molar-refractivity contribution in [1.82, 2.24) is 5.32 Å². The van der Waals surface area contributed by atoms with Crippen LogP contribution >= 0.6 is 0 Å². The maximum Gasteiger partial charge on any atom is 0.336 e. The number of aliphatic hydroxyl groups excluding tert-OH is 2. The third-order valence-electron chi connectivity index (χ3n) is 3.02. The summed E-state index contributed by atoms with van der Waals surface area (Å²) in [4.78, 5) is 22.8. The number of esters is 2. The van der Waals surface area contributed by atoms with Crippen molar-refractivity contribution in [2.24, 2.45) is 0 Å². The van der Waals surface area contributed by atoms with Crippen molar-refractivity contribution in [2.75, 3.05) is 13.2 Å². The molecule has 7 heteroatoms. The molecule has 18 heavy (non-hydrogen) atoms. The van der Waals surface area contributed by atoms with Gasteiger partial charge in [0.25, 0.3) is 0 Å². The topological polar surface area (TPSA) is 105 Å². The van der Waals surface area contributed by atoms with Crippen molar-refractivity contribution in [3.63, 3.8) is 0 Å². The lowest BCUT2D eigenvalue weighted by molar-refractivity contribution is -0.183. The average molecular weight is 261 g/mol. The highest BCUT2D eigenvalue weighted by Crippen LogP contribution is 2.30. The summed E-state index contributed by atoms with van der Waals surface area (Å²) in [5.41, 5.74) is -1.30. The van der Waals surface area contributed by atoms with Gasteiger partial charge in [0.2, 0.25) is 0 Å². The lowest BCUT2D eigenvalue weighted by Gasteiger charge is -2.51. The molecule has 0 radical (unpaired) electrons. The second-order valence-electron chi connectivity index (χ2n) is 4.26. The Morgan fingerprint density at radius 1 is 1.33 bits per heavy atom. The molecule has 1 heterocycles. The standard InChI is InChI=1S/C11H19NO6/c1-4-17-9(15)6-7(13)11(3,12-6)8(14)10(16)18-5-2/h6-8,12-14H,4-5H2,1-3H3. The van der Waals surface area contributed by atoms with E-state index in [0.717, 1.165) is 0 Å². The van der Waals surface area contributed by atoms with Gasteiger partial charge >= 0.3 is 11.9 Å². The summed E-state index contributed by atoms with van der Waals surface area (Å²) < 4.78 is 9.40. The predicted octanol–water partition coefficient (Wildman–Crippen LogP) is -1.44. The van der Waals surface area contributed by atoms with E-state index in [9.17, 15) is 19.8 Å². The zero-order valence-electron chi connectivity index (χ0n) is 10.7. The molecule has 1 aliphatic heterocycles. The van der Waals surface area contributed by atoms with E-state index in [-0.39, 0.29) is 13.2 Å². The molecule has 0 bridgehead atoms. The minimum atomic E-state index is -1.54. The summed E-state index contributed by atoms with van der Waals surface area (Å²) in [6.45, 7) is 5.02. The Balaban J connectivity index is 2.64. The first-order valence-electron chi connectivity index (χ1n) is 5.85.